The lowest BCUT2D eigenvalue weighted by Crippen LogP contribution is -2.10. The molecule has 3 heteroatoms. The molecule has 0 aliphatic rings. The van der Waals surface area contributed by atoms with E-state index in [9.17, 15) is 0 Å². The molecule has 0 radical (unpaired) electrons. The molecule has 0 bridgehead atoms. The van der Waals surface area contributed by atoms with Crippen molar-refractivity contribution in [2.45, 2.75) is 12.8 Å². The number of pyridine rings is 1. The van der Waals surface area contributed by atoms with Crippen LogP contribution in [0.1, 0.15) is 18.5 Å². The lowest BCUT2D eigenvalue weighted by Gasteiger charge is -2.06. The Labute approximate surface area is 71.4 Å². The molecule has 1 aromatic heterocycles. The minimum Gasteiger partial charge on any atom is -0.330 e. The van der Waals surface area contributed by atoms with Crippen LogP contribution in [0.25, 0.3) is 0 Å². The summed E-state index contributed by atoms with van der Waals surface area (Å²) in [5.74, 6) is 0.286. The third-order valence-corrected chi connectivity index (χ3v) is 1.81. The van der Waals surface area contributed by atoms with Gasteiger partial charge in [-0.15, -0.1) is 0 Å². The standard InChI is InChI=1S/C8H11ClN2/c1-6(5-10)7-3-2-4-8(9)11-7/h2-4,6H,5,10H2,1H3. The molecule has 0 fully saturated rings. The van der Waals surface area contributed by atoms with E-state index in [1.165, 1.54) is 0 Å². The second kappa shape index (κ2) is 3.69. The highest BCUT2D eigenvalue weighted by Crippen LogP contribution is 2.13. The van der Waals surface area contributed by atoms with Crippen molar-refractivity contribution in [2.75, 3.05) is 6.54 Å². The van der Waals surface area contributed by atoms with Crippen molar-refractivity contribution in [2.24, 2.45) is 5.73 Å². The topological polar surface area (TPSA) is 38.9 Å². The maximum absolute atomic E-state index is 5.69. The van der Waals surface area contributed by atoms with Gasteiger partial charge in [-0.05, 0) is 12.1 Å². The summed E-state index contributed by atoms with van der Waals surface area (Å²) in [6.07, 6.45) is 0. The first-order chi connectivity index (χ1) is 5.24. The lowest BCUT2D eigenvalue weighted by molar-refractivity contribution is 0.745. The fourth-order valence-corrected chi connectivity index (χ4v) is 0.990. The molecule has 11 heavy (non-hydrogen) atoms. The summed E-state index contributed by atoms with van der Waals surface area (Å²) in [6.45, 7) is 2.63. The summed E-state index contributed by atoms with van der Waals surface area (Å²) in [4.78, 5) is 4.13. The van der Waals surface area contributed by atoms with Crippen molar-refractivity contribution in [3.8, 4) is 0 Å². The van der Waals surface area contributed by atoms with Gasteiger partial charge in [0.15, 0.2) is 0 Å². The van der Waals surface area contributed by atoms with E-state index in [0.717, 1.165) is 5.69 Å². The predicted molar refractivity (Wildman–Crippen MR) is 46.7 cm³/mol. The van der Waals surface area contributed by atoms with Crippen molar-refractivity contribution in [3.63, 3.8) is 0 Å². The van der Waals surface area contributed by atoms with Crippen LogP contribution in [0.2, 0.25) is 5.15 Å². The van der Waals surface area contributed by atoms with E-state index < -0.39 is 0 Å². The van der Waals surface area contributed by atoms with Gasteiger partial charge in [0.25, 0.3) is 0 Å². The highest BCUT2D eigenvalue weighted by Gasteiger charge is 2.03. The van der Waals surface area contributed by atoms with Gasteiger partial charge in [0.1, 0.15) is 5.15 Å². The van der Waals surface area contributed by atoms with Crippen LogP contribution in [0.5, 0.6) is 0 Å². The monoisotopic (exact) mass is 170 g/mol. The fraction of sp³-hybridized carbons (Fsp3) is 0.375. The zero-order valence-corrected chi connectivity index (χ0v) is 7.17. The normalized spacial score (nSPS) is 13.0. The number of rotatable bonds is 2. The van der Waals surface area contributed by atoms with Gasteiger partial charge in [-0.3, -0.25) is 0 Å². The highest BCUT2D eigenvalue weighted by molar-refractivity contribution is 6.29. The fourth-order valence-electron chi connectivity index (χ4n) is 0.819. The second-order valence-electron chi connectivity index (χ2n) is 2.52. The number of halogens is 1. The van der Waals surface area contributed by atoms with E-state index in [-0.39, 0.29) is 5.92 Å². The van der Waals surface area contributed by atoms with Crippen LogP contribution in [-0.2, 0) is 0 Å². The maximum atomic E-state index is 5.69. The van der Waals surface area contributed by atoms with E-state index in [1.807, 2.05) is 19.1 Å². The Morgan fingerprint density at radius 2 is 2.36 bits per heavy atom. The van der Waals surface area contributed by atoms with Crippen molar-refractivity contribution in [3.05, 3.63) is 29.0 Å². The second-order valence-corrected chi connectivity index (χ2v) is 2.91. The van der Waals surface area contributed by atoms with Gasteiger partial charge in [-0.2, -0.15) is 0 Å². The van der Waals surface area contributed by atoms with Crippen LogP contribution >= 0.6 is 11.6 Å². The number of nitrogens with two attached hydrogens (primary N) is 1. The molecule has 1 atom stereocenters. The zero-order valence-electron chi connectivity index (χ0n) is 6.42. The first-order valence-electron chi connectivity index (χ1n) is 3.56. The first kappa shape index (κ1) is 8.50. The van der Waals surface area contributed by atoms with E-state index in [0.29, 0.717) is 11.7 Å². The third-order valence-electron chi connectivity index (χ3n) is 1.60. The smallest absolute Gasteiger partial charge is 0.129 e. The summed E-state index contributed by atoms with van der Waals surface area (Å²) in [7, 11) is 0. The molecule has 1 aromatic rings. The summed E-state index contributed by atoms with van der Waals surface area (Å²) in [6, 6.07) is 5.58. The van der Waals surface area contributed by atoms with Crippen molar-refractivity contribution < 1.29 is 0 Å². The van der Waals surface area contributed by atoms with Crippen molar-refractivity contribution >= 4 is 11.6 Å². The Hall–Kier alpha value is -0.600. The quantitative estimate of drug-likeness (QED) is 0.688. The van der Waals surface area contributed by atoms with Crippen molar-refractivity contribution in [1.29, 1.82) is 0 Å². The Balaban J connectivity index is 2.86. The Morgan fingerprint density at radius 3 is 2.91 bits per heavy atom. The molecule has 0 saturated heterocycles. The number of aromatic nitrogens is 1. The Bertz CT molecular complexity index is 237. The molecule has 0 aromatic carbocycles. The van der Waals surface area contributed by atoms with Crippen LogP contribution in [0.15, 0.2) is 18.2 Å². The van der Waals surface area contributed by atoms with E-state index in [1.54, 1.807) is 6.07 Å². The molecule has 0 saturated carbocycles. The van der Waals surface area contributed by atoms with Gasteiger partial charge in [-0.25, -0.2) is 4.98 Å². The molecule has 0 spiro atoms. The molecule has 0 aliphatic heterocycles. The van der Waals surface area contributed by atoms with Crippen LogP contribution in [0, 0.1) is 0 Å². The highest BCUT2D eigenvalue weighted by atomic mass is 35.5. The average Bonchev–Trinajstić information content (AvgIpc) is 2.03. The zero-order chi connectivity index (χ0) is 8.27. The molecule has 2 N–H and O–H groups in total. The van der Waals surface area contributed by atoms with Gasteiger partial charge in [-0.1, -0.05) is 24.6 Å². The molecule has 1 unspecified atom stereocenters. The SMILES string of the molecule is CC(CN)c1cccc(Cl)n1. The van der Waals surface area contributed by atoms with Gasteiger partial charge >= 0.3 is 0 Å². The first-order valence-corrected chi connectivity index (χ1v) is 3.94. The van der Waals surface area contributed by atoms with E-state index >= 15 is 0 Å². The van der Waals surface area contributed by atoms with Gasteiger partial charge < -0.3 is 5.73 Å². The molecule has 0 aliphatic carbocycles. The molecule has 0 amide bonds. The molecule has 1 heterocycles. The minimum absolute atomic E-state index is 0.286. The van der Waals surface area contributed by atoms with Gasteiger partial charge in [0, 0.05) is 18.2 Å². The summed E-state index contributed by atoms with van der Waals surface area (Å²) >= 11 is 5.69. The van der Waals surface area contributed by atoms with Crippen LogP contribution in [-0.4, -0.2) is 11.5 Å². The third kappa shape index (κ3) is 2.17. The Morgan fingerprint density at radius 1 is 1.64 bits per heavy atom. The molecule has 60 valence electrons. The van der Waals surface area contributed by atoms with Crippen LogP contribution in [0.4, 0.5) is 0 Å². The lowest BCUT2D eigenvalue weighted by atomic mass is 10.1. The molecular formula is C8H11ClN2. The van der Waals surface area contributed by atoms with E-state index in [4.69, 9.17) is 17.3 Å². The Kier molecular flexibility index (Phi) is 2.85. The number of hydrogen-bond donors (Lipinski definition) is 1. The average molecular weight is 171 g/mol. The molecule has 2 nitrogen and oxygen atoms in total. The summed E-state index contributed by atoms with van der Waals surface area (Å²) < 4.78 is 0. The van der Waals surface area contributed by atoms with E-state index in [2.05, 4.69) is 4.98 Å². The summed E-state index contributed by atoms with van der Waals surface area (Å²) in [5.41, 5.74) is 6.43. The van der Waals surface area contributed by atoms with Gasteiger partial charge in [0.05, 0.1) is 0 Å². The predicted octanol–water partition coefficient (Wildman–Crippen LogP) is 1.80. The van der Waals surface area contributed by atoms with Crippen molar-refractivity contribution in [1.82, 2.24) is 4.98 Å². The van der Waals surface area contributed by atoms with Crippen LogP contribution < -0.4 is 5.73 Å². The number of hydrogen-bond acceptors (Lipinski definition) is 2. The largest absolute Gasteiger partial charge is 0.330 e. The number of nitrogens with zero attached hydrogens (tertiary/aromatic N) is 1. The molecule has 1 rings (SSSR count). The minimum atomic E-state index is 0.286. The maximum Gasteiger partial charge on any atom is 0.129 e. The van der Waals surface area contributed by atoms with Crippen LogP contribution in [0.3, 0.4) is 0 Å². The molecular weight excluding hydrogens is 160 g/mol. The van der Waals surface area contributed by atoms with Gasteiger partial charge in [0.2, 0.25) is 0 Å². The summed E-state index contributed by atoms with van der Waals surface area (Å²) in [5, 5.41) is 0.530.